The van der Waals surface area contributed by atoms with Crippen LogP contribution in [0.1, 0.15) is 110 Å². The molecule has 0 amide bonds. The molecule has 3 aliphatic carbocycles. The standard InChI is InChI=1S/C26H42O2/c1-3-5-21-6-8-22(9-7-21)10-11-23-12-16-24(17-13-23)26(27)28-25-18-14-20(4-2)15-19-25/h20-25H,3-9,12-19H2,1-2H3. The van der Waals surface area contributed by atoms with Crippen molar-refractivity contribution in [2.75, 3.05) is 0 Å². The third-order valence-corrected chi connectivity index (χ3v) is 7.75. The van der Waals surface area contributed by atoms with Crippen LogP contribution in [-0.2, 0) is 9.53 Å². The van der Waals surface area contributed by atoms with Crippen molar-refractivity contribution in [3.8, 4) is 11.8 Å². The molecule has 0 aromatic carbocycles. The first kappa shape index (κ1) is 21.7. The summed E-state index contributed by atoms with van der Waals surface area (Å²) in [7, 11) is 0. The van der Waals surface area contributed by atoms with Gasteiger partial charge >= 0.3 is 5.97 Å². The molecule has 158 valence electrons. The van der Waals surface area contributed by atoms with Crippen LogP contribution in [0.2, 0.25) is 0 Å². The van der Waals surface area contributed by atoms with Gasteiger partial charge in [-0.05, 0) is 88.9 Å². The zero-order valence-corrected chi connectivity index (χ0v) is 18.4. The van der Waals surface area contributed by atoms with Crippen molar-refractivity contribution >= 4 is 5.97 Å². The lowest BCUT2D eigenvalue weighted by Gasteiger charge is -2.30. The van der Waals surface area contributed by atoms with E-state index in [1.165, 1.54) is 57.8 Å². The highest BCUT2D eigenvalue weighted by molar-refractivity contribution is 5.72. The van der Waals surface area contributed by atoms with Crippen LogP contribution < -0.4 is 0 Å². The van der Waals surface area contributed by atoms with Crippen LogP contribution in [0.25, 0.3) is 0 Å². The second kappa shape index (κ2) is 11.3. The summed E-state index contributed by atoms with van der Waals surface area (Å²) in [6.45, 7) is 4.57. The molecular formula is C26H42O2. The van der Waals surface area contributed by atoms with Gasteiger partial charge in [0.1, 0.15) is 6.10 Å². The highest BCUT2D eigenvalue weighted by atomic mass is 16.5. The fourth-order valence-corrected chi connectivity index (χ4v) is 5.63. The number of hydrogen-bond donors (Lipinski definition) is 0. The van der Waals surface area contributed by atoms with Crippen LogP contribution in [0, 0.1) is 41.4 Å². The van der Waals surface area contributed by atoms with E-state index in [1.807, 2.05) is 0 Å². The van der Waals surface area contributed by atoms with E-state index in [-0.39, 0.29) is 18.0 Å². The van der Waals surface area contributed by atoms with Gasteiger partial charge in [0.05, 0.1) is 5.92 Å². The normalized spacial score (nSPS) is 36.2. The molecule has 0 saturated heterocycles. The number of hydrogen-bond acceptors (Lipinski definition) is 2. The van der Waals surface area contributed by atoms with Gasteiger partial charge < -0.3 is 4.74 Å². The lowest BCUT2D eigenvalue weighted by Crippen LogP contribution is -2.30. The van der Waals surface area contributed by atoms with Crippen molar-refractivity contribution in [2.24, 2.45) is 29.6 Å². The van der Waals surface area contributed by atoms with Crippen LogP contribution in [-0.4, -0.2) is 12.1 Å². The average Bonchev–Trinajstić information content (AvgIpc) is 2.74. The Balaban J connectivity index is 1.34. The number of carbonyl (C=O) groups is 1. The van der Waals surface area contributed by atoms with Gasteiger partial charge in [0.15, 0.2) is 0 Å². The first-order chi connectivity index (χ1) is 13.7. The average molecular weight is 387 g/mol. The quantitative estimate of drug-likeness (QED) is 0.379. The van der Waals surface area contributed by atoms with Gasteiger partial charge in [-0.1, -0.05) is 45.0 Å². The molecule has 0 atom stereocenters. The maximum absolute atomic E-state index is 12.6. The molecule has 3 rings (SSSR count). The predicted octanol–water partition coefficient (Wildman–Crippen LogP) is 6.91. The fourth-order valence-electron chi connectivity index (χ4n) is 5.63. The van der Waals surface area contributed by atoms with Gasteiger partial charge in [0, 0.05) is 11.8 Å². The third kappa shape index (κ3) is 6.53. The van der Waals surface area contributed by atoms with Gasteiger partial charge in [-0.3, -0.25) is 4.79 Å². The number of esters is 1. The van der Waals surface area contributed by atoms with Gasteiger partial charge in [-0.25, -0.2) is 0 Å². The first-order valence-electron chi connectivity index (χ1n) is 12.4. The van der Waals surface area contributed by atoms with E-state index in [0.717, 1.165) is 50.4 Å². The van der Waals surface area contributed by atoms with E-state index in [0.29, 0.717) is 11.8 Å². The van der Waals surface area contributed by atoms with Crippen LogP contribution in [0.3, 0.4) is 0 Å². The molecule has 2 nitrogen and oxygen atoms in total. The Bertz CT molecular complexity index is 518. The van der Waals surface area contributed by atoms with Crippen molar-refractivity contribution in [2.45, 2.75) is 116 Å². The minimum atomic E-state index is 0.0839. The second-order valence-electron chi connectivity index (χ2n) is 9.83. The van der Waals surface area contributed by atoms with Crippen LogP contribution >= 0.6 is 0 Å². The lowest BCUT2D eigenvalue weighted by molar-refractivity contribution is -0.157. The molecule has 0 unspecified atom stereocenters. The Morgan fingerprint density at radius 2 is 1.29 bits per heavy atom. The van der Waals surface area contributed by atoms with E-state index >= 15 is 0 Å². The van der Waals surface area contributed by atoms with Crippen molar-refractivity contribution in [3.05, 3.63) is 0 Å². The molecule has 0 aromatic rings. The maximum atomic E-state index is 12.6. The van der Waals surface area contributed by atoms with Crippen molar-refractivity contribution in [3.63, 3.8) is 0 Å². The van der Waals surface area contributed by atoms with Gasteiger partial charge in [0.25, 0.3) is 0 Å². The molecule has 0 spiro atoms. The minimum absolute atomic E-state index is 0.0839. The maximum Gasteiger partial charge on any atom is 0.309 e. The van der Waals surface area contributed by atoms with Crippen LogP contribution in [0.5, 0.6) is 0 Å². The summed E-state index contributed by atoms with van der Waals surface area (Å²) < 4.78 is 5.87. The summed E-state index contributed by atoms with van der Waals surface area (Å²) in [4.78, 5) is 12.6. The first-order valence-corrected chi connectivity index (χ1v) is 12.4. The third-order valence-electron chi connectivity index (χ3n) is 7.75. The molecule has 2 heteroatoms. The summed E-state index contributed by atoms with van der Waals surface area (Å²) in [5.41, 5.74) is 0. The molecule has 3 aliphatic rings. The molecular weight excluding hydrogens is 344 g/mol. The van der Waals surface area contributed by atoms with Gasteiger partial charge in [-0.15, -0.1) is 0 Å². The highest BCUT2D eigenvalue weighted by Gasteiger charge is 2.30. The zero-order chi connectivity index (χ0) is 19.8. The number of carbonyl (C=O) groups excluding carboxylic acids is 1. The molecule has 0 aromatic heterocycles. The van der Waals surface area contributed by atoms with Crippen LogP contribution in [0.4, 0.5) is 0 Å². The molecule has 0 bridgehead atoms. The van der Waals surface area contributed by atoms with Crippen molar-refractivity contribution in [1.29, 1.82) is 0 Å². The Hall–Kier alpha value is -0.970. The molecule has 0 radical (unpaired) electrons. The van der Waals surface area contributed by atoms with E-state index in [9.17, 15) is 4.79 Å². The van der Waals surface area contributed by atoms with Crippen molar-refractivity contribution < 1.29 is 9.53 Å². The topological polar surface area (TPSA) is 26.3 Å². The van der Waals surface area contributed by atoms with E-state index < -0.39 is 0 Å². The summed E-state index contributed by atoms with van der Waals surface area (Å²) in [6.07, 6.45) is 18.3. The Morgan fingerprint density at radius 3 is 1.82 bits per heavy atom. The number of ether oxygens (including phenoxy) is 1. The molecule has 3 saturated carbocycles. The van der Waals surface area contributed by atoms with Crippen molar-refractivity contribution in [1.82, 2.24) is 0 Å². The smallest absolute Gasteiger partial charge is 0.309 e. The van der Waals surface area contributed by atoms with Gasteiger partial charge in [0.2, 0.25) is 0 Å². The number of rotatable bonds is 5. The lowest BCUT2D eigenvalue weighted by atomic mass is 9.79. The van der Waals surface area contributed by atoms with Gasteiger partial charge in [-0.2, -0.15) is 0 Å². The van der Waals surface area contributed by atoms with E-state index in [2.05, 4.69) is 25.7 Å². The summed E-state index contributed by atoms with van der Waals surface area (Å²) in [5, 5.41) is 0. The summed E-state index contributed by atoms with van der Waals surface area (Å²) in [6, 6.07) is 0. The summed E-state index contributed by atoms with van der Waals surface area (Å²) in [5.74, 6) is 10.4. The Kier molecular flexibility index (Phi) is 8.75. The SMILES string of the molecule is CCCC1CCC(C#CC2CCC(C(=O)OC3CCC(CC)CC3)CC2)CC1. The zero-order valence-electron chi connectivity index (χ0n) is 18.4. The van der Waals surface area contributed by atoms with E-state index in [4.69, 9.17) is 4.74 Å². The molecule has 3 fully saturated rings. The minimum Gasteiger partial charge on any atom is -0.462 e. The Morgan fingerprint density at radius 1 is 0.750 bits per heavy atom. The molecule has 0 N–H and O–H groups in total. The van der Waals surface area contributed by atoms with E-state index in [1.54, 1.807) is 0 Å². The fraction of sp³-hybridized carbons (Fsp3) is 0.885. The monoisotopic (exact) mass is 386 g/mol. The second-order valence-corrected chi connectivity index (χ2v) is 9.83. The molecule has 0 aliphatic heterocycles. The highest BCUT2D eigenvalue weighted by Crippen LogP contribution is 2.34. The molecule has 0 heterocycles. The predicted molar refractivity (Wildman–Crippen MR) is 116 cm³/mol. The summed E-state index contributed by atoms with van der Waals surface area (Å²) >= 11 is 0. The molecule has 28 heavy (non-hydrogen) atoms. The Labute approximate surface area is 173 Å². The largest absolute Gasteiger partial charge is 0.462 e. The van der Waals surface area contributed by atoms with Crippen LogP contribution in [0.15, 0.2) is 0 Å².